The van der Waals surface area contributed by atoms with Crippen LogP contribution in [-0.2, 0) is 0 Å². The fourth-order valence-corrected chi connectivity index (χ4v) is 2.34. The molecule has 0 bridgehead atoms. The molecule has 3 rings (SSSR count). The van der Waals surface area contributed by atoms with Crippen LogP contribution in [0.4, 0.5) is 11.8 Å². The van der Waals surface area contributed by atoms with E-state index in [1.807, 2.05) is 0 Å². The van der Waals surface area contributed by atoms with Crippen molar-refractivity contribution in [2.75, 3.05) is 25.7 Å². The average Bonchev–Trinajstić information content (AvgIpc) is 2.61. The summed E-state index contributed by atoms with van der Waals surface area (Å²) in [6.45, 7) is 0. The van der Waals surface area contributed by atoms with Crippen molar-refractivity contribution in [3.63, 3.8) is 0 Å². The molecule has 0 radical (unpaired) electrons. The van der Waals surface area contributed by atoms with Gasteiger partial charge in [0.25, 0.3) is 0 Å². The van der Waals surface area contributed by atoms with Gasteiger partial charge in [-0.1, -0.05) is 0 Å². The maximum atomic E-state index is 12.4. The first kappa shape index (κ1) is 16.3. The highest BCUT2D eigenvalue weighted by Crippen LogP contribution is 2.31. The van der Waals surface area contributed by atoms with Crippen LogP contribution >= 0.6 is 0 Å². The van der Waals surface area contributed by atoms with Crippen LogP contribution in [0.15, 0.2) is 36.4 Å². The average molecular weight is 340 g/mol. The third-order valence-corrected chi connectivity index (χ3v) is 3.54. The third kappa shape index (κ3) is 3.23. The van der Waals surface area contributed by atoms with Crippen molar-refractivity contribution in [1.82, 2.24) is 9.97 Å². The number of carbonyl (C=O) groups excluding carboxylic acids is 1. The Balaban J connectivity index is 1.90. The van der Waals surface area contributed by atoms with Gasteiger partial charge < -0.3 is 25.7 Å². The monoisotopic (exact) mass is 340 g/mol. The summed E-state index contributed by atoms with van der Waals surface area (Å²) < 4.78 is 15.7. The lowest BCUT2D eigenvalue weighted by Crippen LogP contribution is -2.09. The second kappa shape index (κ2) is 6.52. The van der Waals surface area contributed by atoms with Crippen molar-refractivity contribution in [3.05, 3.63) is 42.0 Å². The number of hydrogen-bond acceptors (Lipinski definition) is 8. The van der Waals surface area contributed by atoms with E-state index in [2.05, 4.69) is 9.97 Å². The molecule has 0 unspecified atom stereocenters. The van der Waals surface area contributed by atoms with Gasteiger partial charge >= 0.3 is 5.97 Å². The molecule has 0 aliphatic carbocycles. The predicted molar refractivity (Wildman–Crippen MR) is 92.9 cm³/mol. The minimum Gasteiger partial charge on any atom is -0.493 e. The number of aromatic nitrogens is 2. The Labute approximate surface area is 143 Å². The zero-order chi connectivity index (χ0) is 18.0. The van der Waals surface area contributed by atoms with Gasteiger partial charge in [-0.05, 0) is 30.3 Å². The number of nitrogens with two attached hydrogens (primary N) is 2. The Morgan fingerprint density at radius 2 is 1.72 bits per heavy atom. The number of anilines is 2. The number of rotatable bonds is 4. The molecule has 1 heterocycles. The molecule has 0 spiro atoms. The molecule has 0 amide bonds. The fourth-order valence-electron chi connectivity index (χ4n) is 2.34. The second-order valence-corrected chi connectivity index (χ2v) is 5.11. The van der Waals surface area contributed by atoms with Crippen LogP contribution in [0.5, 0.6) is 17.2 Å². The number of nitrogens with zero attached hydrogens (tertiary/aromatic N) is 2. The number of carbonyl (C=O) groups is 1. The van der Waals surface area contributed by atoms with E-state index >= 15 is 0 Å². The van der Waals surface area contributed by atoms with Crippen molar-refractivity contribution in [2.24, 2.45) is 0 Å². The molecule has 128 valence electrons. The van der Waals surface area contributed by atoms with Crippen molar-refractivity contribution in [2.45, 2.75) is 0 Å². The fraction of sp³-hybridized carbons (Fsp3) is 0.118. The van der Waals surface area contributed by atoms with E-state index in [1.54, 1.807) is 36.4 Å². The van der Waals surface area contributed by atoms with Gasteiger partial charge in [-0.25, -0.2) is 9.78 Å². The lowest BCUT2D eigenvalue weighted by Gasteiger charge is -2.10. The van der Waals surface area contributed by atoms with Crippen LogP contribution < -0.4 is 25.7 Å². The highest BCUT2D eigenvalue weighted by Gasteiger charge is 2.13. The van der Waals surface area contributed by atoms with Crippen LogP contribution in [0.1, 0.15) is 10.4 Å². The molecule has 4 N–H and O–H groups in total. The Hall–Kier alpha value is -3.55. The van der Waals surface area contributed by atoms with Gasteiger partial charge in [-0.2, -0.15) is 4.98 Å². The van der Waals surface area contributed by atoms with Crippen LogP contribution in [-0.4, -0.2) is 30.2 Å². The Kier molecular flexibility index (Phi) is 4.25. The van der Waals surface area contributed by atoms with E-state index in [0.717, 1.165) is 0 Å². The van der Waals surface area contributed by atoms with Crippen molar-refractivity contribution in [3.8, 4) is 17.2 Å². The Morgan fingerprint density at radius 1 is 0.960 bits per heavy atom. The molecule has 2 aromatic carbocycles. The van der Waals surface area contributed by atoms with E-state index in [9.17, 15) is 4.79 Å². The highest BCUT2D eigenvalue weighted by molar-refractivity contribution is 5.98. The van der Waals surface area contributed by atoms with E-state index in [0.29, 0.717) is 33.7 Å². The summed E-state index contributed by atoms with van der Waals surface area (Å²) in [7, 11) is 3.03. The zero-order valence-electron chi connectivity index (χ0n) is 13.6. The summed E-state index contributed by atoms with van der Waals surface area (Å²) in [6.07, 6.45) is 0. The molecule has 0 aliphatic heterocycles. The van der Waals surface area contributed by atoms with Gasteiger partial charge in [0.1, 0.15) is 11.6 Å². The lowest BCUT2D eigenvalue weighted by molar-refractivity contribution is 0.0734. The first-order valence-electron chi connectivity index (χ1n) is 7.28. The number of benzene rings is 2. The molecular formula is C17H16N4O4. The number of methoxy groups -OCH3 is 2. The van der Waals surface area contributed by atoms with Crippen LogP contribution in [0.2, 0.25) is 0 Å². The second-order valence-electron chi connectivity index (χ2n) is 5.11. The van der Waals surface area contributed by atoms with Gasteiger partial charge in [0, 0.05) is 11.5 Å². The molecule has 8 nitrogen and oxygen atoms in total. The molecule has 0 saturated carbocycles. The molecule has 1 aromatic heterocycles. The molecular weight excluding hydrogens is 324 g/mol. The van der Waals surface area contributed by atoms with Crippen molar-refractivity contribution >= 4 is 28.6 Å². The topological polar surface area (TPSA) is 123 Å². The molecule has 3 aromatic rings. The van der Waals surface area contributed by atoms with E-state index in [-0.39, 0.29) is 11.8 Å². The van der Waals surface area contributed by atoms with Gasteiger partial charge in [0.15, 0.2) is 11.5 Å². The summed E-state index contributed by atoms with van der Waals surface area (Å²) in [5.74, 6) is 1.04. The van der Waals surface area contributed by atoms with Crippen LogP contribution in [0, 0.1) is 0 Å². The Bertz CT molecular complexity index is 959. The molecule has 0 saturated heterocycles. The number of fused-ring (bicyclic) bond motifs is 1. The number of nitrogen functional groups attached to an aromatic ring is 2. The standard InChI is InChI=1S/C17H16N4O4/c1-23-13-6-4-10(8-14(13)24-2)25-16(22)9-3-5-12-11(7-9)15(18)21-17(19)20-12/h3-8H,1-2H3,(H4,18,19,20,21). The number of ether oxygens (including phenoxy) is 3. The van der Waals surface area contributed by atoms with Gasteiger partial charge in [0.05, 0.1) is 25.3 Å². The zero-order valence-corrected chi connectivity index (χ0v) is 13.6. The number of hydrogen-bond donors (Lipinski definition) is 2. The van der Waals surface area contributed by atoms with Crippen LogP contribution in [0.25, 0.3) is 10.9 Å². The number of esters is 1. The Morgan fingerprint density at radius 3 is 2.44 bits per heavy atom. The SMILES string of the molecule is COc1ccc(OC(=O)c2ccc3nc(N)nc(N)c3c2)cc1OC. The normalized spacial score (nSPS) is 10.5. The first-order valence-corrected chi connectivity index (χ1v) is 7.28. The molecule has 25 heavy (non-hydrogen) atoms. The first-order chi connectivity index (χ1) is 12.0. The maximum Gasteiger partial charge on any atom is 0.343 e. The predicted octanol–water partition coefficient (Wildman–Crippen LogP) is 2.03. The summed E-state index contributed by atoms with van der Waals surface area (Å²) in [5, 5.41) is 0.524. The van der Waals surface area contributed by atoms with Gasteiger partial charge in [0.2, 0.25) is 5.95 Å². The summed E-state index contributed by atoms with van der Waals surface area (Å²) in [4.78, 5) is 20.3. The largest absolute Gasteiger partial charge is 0.493 e. The van der Waals surface area contributed by atoms with Gasteiger partial charge in [-0.3, -0.25) is 0 Å². The third-order valence-electron chi connectivity index (χ3n) is 3.54. The minimum atomic E-state index is -0.551. The smallest absolute Gasteiger partial charge is 0.343 e. The van der Waals surface area contributed by atoms with Crippen LogP contribution in [0.3, 0.4) is 0 Å². The van der Waals surface area contributed by atoms with E-state index < -0.39 is 5.97 Å². The molecule has 0 fully saturated rings. The quantitative estimate of drug-likeness (QED) is 0.546. The summed E-state index contributed by atoms with van der Waals surface area (Å²) in [5.41, 5.74) is 12.3. The summed E-state index contributed by atoms with van der Waals surface area (Å²) >= 11 is 0. The van der Waals surface area contributed by atoms with E-state index in [1.165, 1.54) is 14.2 Å². The summed E-state index contributed by atoms with van der Waals surface area (Å²) in [6, 6.07) is 9.60. The van der Waals surface area contributed by atoms with E-state index in [4.69, 9.17) is 25.7 Å². The van der Waals surface area contributed by atoms with Gasteiger partial charge in [-0.15, -0.1) is 0 Å². The van der Waals surface area contributed by atoms with Crippen molar-refractivity contribution in [1.29, 1.82) is 0 Å². The van der Waals surface area contributed by atoms with Crippen molar-refractivity contribution < 1.29 is 19.0 Å². The molecule has 0 aliphatic rings. The minimum absolute atomic E-state index is 0.0747. The molecule has 0 atom stereocenters. The maximum absolute atomic E-state index is 12.4. The molecule has 8 heteroatoms. The lowest BCUT2D eigenvalue weighted by atomic mass is 10.1. The highest BCUT2D eigenvalue weighted by atomic mass is 16.5.